The summed E-state index contributed by atoms with van der Waals surface area (Å²) in [5, 5.41) is 0.958. The van der Waals surface area contributed by atoms with Crippen molar-refractivity contribution in [2.75, 3.05) is 0 Å². The molecule has 18 heavy (non-hydrogen) atoms. The molecule has 1 fully saturated rings. The molecule has 4 heteroatoms. The van der Waals surface area contributed by atoms with Gasteiger partial charge in [0.15, 0.2) is 5.78 Å². The average molecular weight is 266 g/mol. The van der Waals surface area contributed by atoms with Crippen LogP contribution >= 0.6 is 11.3 Å². The molecule has 0 bridgehead atoms. The highest BCUT2D eigenvalue weighted by Gasteiger charge is 2.36. The molecular weight excluding hydrogens is 244 g/mol. The lowest BCUT2D eigenvalue weighted by molar-refractivity contribution is 0.102. The molecule has 0 unspecified atom stereocenters. The fourth-order valence-corrected chi connectivity index (χ4v) is 3.87. The number of thiazole rings is 1. The molecule has 3 nitrogen and oxygen atoms in total. The first kappa shape index (κ1) is 13.7. The first-order valence-electron chi connectivity index (χ1n) is 6.74. The largest absolute Gasteiger partial charge is 0.319 e. The summed E-state index contributed by atoms with van der Waals surface area (Å²) >= 11 is 1.50. The Hall–Kier alpha value is -0.740. The third-order valence-corrected chi connectivity index (χ3v) is 5.60. The summed E-state index contributed by atoms with van der Waals surface area (Å²) in [6.45, 7) is 5.74. The Bertz CT molecular complexity index is 445. The molecule has 0 saturated heterocycles. The minimum absolute atomic E-state index is 0.0992. The van der Waals surface area contributed by atoms with Crippen molar-refractivity contribution >= 4 is 17.1 Å². The van der Waals surface area contributed by atoms with Crippen molar-refractivity contribution < 1.29 is 4.79 Å². The van der Waals surface area contributed by atoms with Crippen LogP contribution in [0.1, 0.15) is 66.3 Å². The van der Waals surface area contributed by atoms with E-state index in [1.165, 1.54) is 30.6 Å². The van der Waals surface area contributed by atoms with Crippen LogP contribution < -0.4 is 5.73 Å². The zero-order valence-electron chi connectivity index (χ0n) is 11.5. The van der Waals surface area contributed by atoms with E-state index in [-0.39, 0.29) is 11.3 Å². The van der Waals surface area contributed by atoms with Crippen LogP contribution in [0.25, 0.3) is 0 Å². The summed E-state index contributed by atoms with van der Waals surface area (Å²) in [4.78, 5) is 16.8. The fraction of sp³-hybridized carbons (Fsp3) is 0.714. The SMILES string of the molecule is CCC1CCC(N)(c2nc(C)c(C(C)=O)s2)CC1. The number of nitrogens with two attached hydrogens (primary N) is 1. The average Bonchev–Trinajstić information content (AvgIpc) is 2.73. The third kappa shape index (κ3) is 2.50. The van der Waals surface area contributed by atoms with E-state index >= 15 is 0 Å². The second-order valence-electron chi connectivity index (χ2n) is 5.50. The molecule has 1 aromatic rings. The normalized spacial score (nSPS) is 28.3. The van der Waals surface area contributed by atoms with Gasteiger partial charge >= 0.3 is 0 Å². The molecule has 0 spiro atoms. The molecule has 0 amide bonds. The van der Waals surface area contributed by atoms with Crippen LogP contribution in [0.15, 0.2) is 0 Å². The van der Waals surface area contributed by atoms with E-state index in [1.807, 2.05) is 6.92 Å². The van der Waals surface area contributed by atoms with Crippen molar-refractivity contribution in [3.63, 3.8) is 0 Å². The minimum atomic E-state index is -0.297. The quantitative estimate of drug-likeness (QED) is 0.853. The predicted molar refractivity (Wildman–Crippen MR) is 75.0 cm³/mol. The summed E-state index contributed by atoms with van der Waals surface area (Å²) in [5.74, 6) is 0.914. The molecule has 1 aliphatic rings. The van der Waals surface area contributed by atoms with Crippen LogP contribution in [0.2, 0.25) is 0 Å². The highest BCUT2D eigenvalue weighted by atomic mass is 32.1. The minimum Gasteiger partial charge on any atom is -0.319 e. The number of ketones is 1. The number of rotatable bonds is 3. The summed E-state index contributed by atoms with van der Waals surface area (Å²) in [7, 11) is 0. The van der Waals surface area contributed by atoms with Gasteiger partial charge in [0, 0.05) is 6.92 Å². The van der Waals surface area contributed by atoms with Crippen molar-refractivity contribution in [1.82, 2.24) is 4.98 Å². The molecule has 1 aromatic heterocycles. The maximum atomic E-state index is 11.5. The highest BCUT2D eigenvalue weighted by molar-refractivity contribution is 7.14. The maximum Gasteiger partial charge on any atom is 0.171 e. The molecule has 100 valence electrons. The second kappa shape index (κ2) is 5.10. The van der Waals surface area contributed by atoms with Crippen molar-refractivity contribution in [3.05, 3.63) is 15.6 Å². The van der Waals surface area contributed by atoms with Gasteiger partial charge in [0.1, 0.15) is 5.01 Å². The van der Waals surface area contributed by atoms with Crippen LogP contribution in [-0.4, -0.2) is 10.8 Å². The second-order valence-corrected chi connectivity index (χ2v) is 6.50. The molecule has 2 N–H and O–H groups in total. The van der Waals surface area contributed by atoms with Gasteiger partial charge in [0.2, 0.25) is 0 Å². The molecule has 1 saturated carbocycles. The number of carbonyl (C=O) groups excluding carboxylic acids is 1. The van der Waals surface area contributed by atoms with Crippen molar-refractivity contribution in [3.8, 4) is 0 Å². The first-order valence-corrected chi connectivity index (χ1v) is 7.55. The Morgan fingerprint density at radius 1 is 1.50 bits per heavy atom. The fourth-order valence-electron chi connectivity index (χ4n) is 2.75. The summed E-state index contributed by atoms with van der Waals surface area (Å²) in [5.41, 5.74) is 7.06. The Labute approximate surface area is 113 Å². The van der Waals surface area contributed by atoms with Gasteiger partial charge in [-0.25, -0.2) is 4.98 Å². The van der Waals surface area contributed by atoms with Crippen LogP contribution in [0, 0.1) is 12.8 Å². The lowest BCUT2D eigenvalue weighted by Crippen LogP contribution is -2.40. The zero-order valence-corrected chi connectivity index (χ0v) is 12.3. The van der Waals surface area contributed by atoms with Crippen LogP contribution in [-0.2, 0) is 5.54 Å². The highest BCUT2D eigenvalue weighted by Crippen LogP contribution is 2.40. The van der Waals surface area contributed by atoms with E-state index < -0.39 is 0 Å². The number of aromatic nitrogens is 1. The maximum absolute atomic E-state index is 11.5. The smallest absolute Gasteiger partial charge is 0.171 e. The van der Waals surface area contributed by atoms with E-state index in [0.29, 0.717) is 0 Å². The molecule has 2 rings (SSSR count). The van der Waals surface area contributed by atoms with E-state index in [1.54, 1.807) is 6.92 Å². The van der Waals surface area contributed by atoms with E-state index in [2.05, 4.69) is 11.9 Å². The van der Waals surface area contributed by atoms with Crippen molar-refractivity contribution in [2.45, 2.75) is 58.4 Å². The Morgan fingerprint density at radius 3 is 2.56 bits per heavy atom. The van der Waals surface area contributed by atoms with Gasteiger partial charge in [-0.2, -0.15) is 0 Å². The predicted octanol–water partition coefficient (Wildman–Crippen LogP) is 3.41. The number of carbonyl (C=O) groups is 1. The van der Waals surface area contributed by atoms with Crippen LogP contribution in [0.4, 0.5) is 0 Å². The number of hydrogen-bond donors (Lipinski definition) is 1. The Kier molecular flexibility index (Phi) is 3.87. The molecule has 0 aromatic carbocycles. The molecule has 1 aliphatic carbocycles. The molecule has 0 aliphatic heterocycles. The van der Waals surface area contributed by atoms with Gasteiger partial charge in [0.05, 0.1) is 16.1 Å². The summed E-state index contributed by atoms with van der Waals surface area (Å²) in [6.07, 6.45) is 5.60. The van der Waals surface area contributed by atoms with Crippen LogP contribution in [0.3, 0.4) is 0 Å². The van der Waals surface area contributed by atoms with Gasteiger partial charge in [-0.1, -0.05) is 13.3 Å². The number of hydrogen-bond acceptors (Lipinski definition) is 4. The first-order chi connectivity index (χ1) is 8.46. The van der Waals surface area contributed by atoms with Gasteiger partial charge < -0.3 is 5.73 Å². The molecular formula is C14H22N2OS. The third-order valence-electron chi connectivity index (χ3n) is 4.12. The lowest BCUT2D eigenvalue weighted by atomic mass is 9.76. The topological polar surface area (TPSA) is 56.0 Å². The molecule has 1 heterocycles. The number of aryl methyl sites for hydroxylation is 1. The van der Waals surface area contributed by atoms with Gasteiger partial charge in [-0.3, -0.25) is 4.79 Å². The van der Waals surface area contributed by atoms with Gasteiger partial charge in [-0.05, 0) is 38.5 Å². The molecule has 0 atom stereocenters. The monoisotopic (exact) mass is 266 g/mol. The number of nitrogens with zero attached hydrogens (tertiary/aromatic N) is 1. The van der Waals surface area contributed by atoms with Crippen molar-refractivity contribution in [1.29, 1.82) is 0 Å². The Morgan fingerprint density at radius 2 is 2.11 bits per heavy atom. The zero-order chi connectivity index (χ0) is 13.3. The molecule has 0 radical (unpaired) electrons. The summed E-state index contributed by atoms with van der Waals surface area (Å²) < 4.78 is 0. The Balaban J connectivity index is 2.21. The van der Waals surface area contributed by atoms with Crippen LogP contribution in [0.5, 0.6) is 0 Å². The van der Waals surface area contributed by atoms with E-state index in [4.69, 9.17) is 5.73 Å². The van der Waals surface area contributed by atoms with Crippen molar-refractivity contribution in [2.24, 2.45) is 11.7 Å². The lowest BCUT2D eigenvalue weighted by Gasteiger charge is -2.35. The van der Waals surface area contributed by atoms with E-state index in [0.717, 1.165) is 34.3 Å². The van der Waals surface area contributed by atoms with Gasteiger partial charge in [-0.15, -0.1) is 11.3 Å². The van der Waals surface area contributed by atoms with Gasteiger partial charge in [0.25, 0.3) is 0 Å². The standard InChI is InChI=1S/C14H22N2OS/c1-4-11-5-7-14(15,8-6-11)13-16-9(2)12(18-13)10(3)17/h11H,4-8,15H2,1-3H3. The van der Waals surface area contributed by atoms with E-state index in [9.17, 15) is 4.79 Å². The summed E-state index contributed by atoms with van der Waals surface area (Å²) in [6, 6.07) is 0. The number of Topliss-reactive ketones (excluding diaryl/α,β-unsaturated/α-hetero) is 1.